The Morgan fingerprint density at radius 3 is 2.57 bits per heavy atom. The van der Waals surface area contributed by atoms with Gasteiger partial charge in [-0.1, -0.05) is 45.9 Å². The van der Waals surface area contributed by atoms with Crippen LogP contribution in [0.1, 0.15) is 56.9 Å². The van der Waals surface area contributed by atoms with E-state index in [1.807, 2.05) is 24.8 Å². The lowest BCUT2D eigenvalue weighted by atomic mass is 9.92. The van der Waals surface area contributed by atoms with E-state index in [-0.39, 0.29) is 11.8 Å². The molecule has 1 aromatic rings. The van der Waals surface area contributed by atoms with Crippen LogP contribution in [0.3, 0.4) is 0 Å². The molecular weight excluding hydrogens is 262 g/mol. The van der Waals surface area contributed by atoms with Gasteiger partial charge < -0.3 is 10.0 Å². The number of carbonyl (C=O) groups is 1. The monoisotopic (exact) mass is 289 g/mol. The van der Waals surface area contributed by atoms with Crippen LogP contribution in [0.5, 0.6) is 0 Å². The predicted molar refractivity (Wildman–Crippen MR) is 84.8 cm³/mol. The third kappa shape index (κ3) is 3.85. The molecule has 1 amide bonds. The van der Waals surface area contributed by atoms with Crippen LogP contribution in [-0.4, -0.2) is 22.5 Å². The van der Waals surface area contributed by atoms with Crippen molar-refractivity contribution in [2.24, 2.45) is 11.8 Å². The van der Waals surface area contributed by atoms with Crippen LogP contribution in [0, 0.1) is 11.8 Å². The summed E-state index contributed by atoms with van der Waals surface area (Å²) in [6.45, 7) is 9.60. The number of nitrogens with zero attached hydrogens (tertiary/aromatic N) is 1. The second-order valence-electron chi connectivity index (χ2n) is 6.84. The van der Waals surface area contributed by atoms with Crippen molar-refractivity contribution in [2.75, 3.05) is 6.54 Å². The normalized spacial score (nSPS) is 16.2. The maximum Gasteiger partial charge on any atom is 0.225 e. The molecular formula is C18H27NO2. The molecule has 1 N–H and O–H groups in total. The average Bonchev–Trinajstić information content (AvgIpc) is 2.44. The van der Waals surface area contributed by atoms with Crippen molar-refractivity contribution in [2.45, 2.75) is 53.2 Å². The van der Waals surface area contributed by atoms with Crippen molar-refractivity contribution in [3.8, 4) is 0 Å². The van der Waals surface area contributed by atoms with E-state index in [4.69, 9.17) is 0 Å². The lowest BCUT2D eigenvalue weighted by molar-refractivity contribution is -0.135. The zero-order valence-electron chi connectivity index (χ0n) is 13.6. The molecule has 0 saturated heterocycles. The Kier molecular flexibility index (Phi) is 5.04. The summed E-state index contributed by atoms with van der Waals surface area (Å²) < 4.78 is 0. The molecule has 1 unspecified atom stereocenters. The van der Waals surface area contributed by atoms with Crippen molar-refractivity contribution in [1.29, 1.82) is 0 Å². The number of hydrogen-bond donors (Lipinski definition) is 1. The molecule has 3 nitrogen and oxygen atoms in total. The summed E-state index contributed by atoms with van der Waals surface area (Å²) in [4.78, 5) is 14.1. The summed E-state index contributed by atoms with van der Waals surface area (Å²) in [6, 6.07) is 6.24. The van der Waals surface area contributed by atoms with Crippen molar-refractivity contribution < 1.29 is 9.90 Å². The molecule has 0 radical (unpaired) electrons. The molecule has 3 heteroatoms. The van der Waals surface area contributed by atoms with Crippen LogP contribution >= 0.6 is 0 Å². The number of aliphatic hydroxyl groups is 1. The fraction of sp³-hybridized carbons (Fsp3) is 0.611. The molecule has 116 valence electrons. The Morgan fingerprint density at radius 1 is 1.24 bits per heavy atom. The van der Waals surface area contributed by atoms with Gasteiger partial charge in [-0.3, -0.25) is 4.79 Å². The van der Waals surface area contributed by atoms with Crippen LogP contribution in [-0.2, 0) is 17.8 Å². The van der Waals surface area contributed by atoms with Gasteiger partial charge in [0.1, 0.15) is 0 Å². The molecule has 1 aromatic carbocycles. The first kappa shape index (κ1) is 16.0. The van der Waals surface area contributed by atoms with Gasteiger partial charge in [-0.05, 0) is 35.4 Å². The van der Waals surface area contributed by atoms with Crippen molar-refractivity contribution in [3.05, 3.63) is 34.9 Å². The molecule has 0 fully saturated rings. The Bertz CT molecular complexity index is 508. The fourth-order valence-corrected chi connectivity index (χ4v) is 2.92. The first-order valence-corrected chi connectivity index (χ1v) is 7.97. The van der Waals surface area contributed by atoms with Crippen LogP contribution in [0.4, 0.5) is 0 Å². The van der Waals surface area contributed by atoms with E-state index in [2.05, 4.69) is 26.0 Å². The van der Waals surface area contributed by atoms with Crippen molar-refractivity contribution in [1.82, 2.24) is 4.90 Å². The number of aliphatic hydroxyl groups excluding tert-OH is 1. The molecule has 1 heterocycles. The lowest BCUT2D eigenvalue weighted by Crippen LogP contribution is -2.38. The smallest absolute Gasteiger partial charge is 0.225 e. The van der Waals surface area contributed by atoms with Gasteiger partial charge in [0.2, 0.25) is 5.91 Å². The van der Waals surface area contributed by atoms with E-state index in [9.17, 15) is 9.90 Å². The summed E-state index contributed by atoms with van der Waals surface area (Å²) in [5.74, 6) is 0.727. The molecule has 0 spiro atoms. The Balaban J connectivity index is 2.16. The van der Waals surface area contributed by atoms with E-state index in [1.54, 1.807) is 0 Å². The van der Waals surface area contributed by atoms with Gasteiger partial charge in [-0.2, -0.15) is 0 Å². The number of rotatable bonds is 4. The van der Waals surface area contributed by atoms with E-state index >= 15 is 0 Å². The van der Waals surface area contributed by atoms with Crippen LogP contribution < -0.4 is 0 Å². The Hall–Kier alpha value is -1.35. The molecule has 0 bridgehead atoms. The van der Waals surface area contributed by atoms with E-state index in [0.29, 0.717) is 12.5 Å². The highest BCUT2D eigenvalue weighted by atomic mass is 16.3. The van der Waals surface area contributed by atoms with Crippen molar-refractivity contribution in [3.63, 3.8) is 0 Å². The topological polar surface area (TPSA) is 40.5 Å². The predicted octanol–water partition coefficient (Wildman–Crippen LogP) is 3.31. The summed E-state index contributed by atoms with van der Waals surface area (Å²) in [5, 5.41) is 10.3. The lowest BCUT2D eigenvalue weighted by Gasteiger charge is -2.31. The largest absolute Gasteiger partial charge is 0.388 e. The minimum Gasteiger partial charge on any atom is -0.388 e. The summed E-state index contributed by atoms with van der Waals surface area (Å²) >= 11 is 0. The highest BCUT2D eigenvalue weighted by Crippen LogP contribution is 2.27. The maximum absolute atomic E-state index is 12.1. The molecule has 2 rings (SSSR count). The zero-order chi connectivity index (χ0) is 15.6. The minimum absolute atomic E-state index is 0.0428. The minimum atomic E-state index is -0.411. The van der Waals surface area contributed by atoms with Gasteiger partial charge >= 0.3 is 0 Å². The number of fused-ring (bicyclic) bond motifs is 1. The number of amides is 1. The van der Waals surface area contributed by atoms with Gasteiger partial charge in [0, 0.05) is 19.0 Å². The van der Waals surface area contributed by atoms with Crippen LogP contribution in [0.2, 0.25) is 0 Å². The Morgan fingerprint density at radius 2 is 1.95 bits per heavy atom. The third-order valence-electron chi connectivity index (χ3n) is 4.13. The fourth-order valence-electron chi connectivity index (χ4n) is 2.92. The summed E-state index contributed by atoms with van der Waals surface area (Å²) in [6.07, 6.45) is 1.27. The van der Waals surface area contributed by atoms with Gasteiger partial charge in [-0.15, -0.1) is 0 Å². The summed E-state index contributed by atoms with van der Waals surface area (Å²) in [5.41, 5.74) is 3.47. The molecule has 0 aliphatic carbocycles. The first-order valence-electron chi connectivity index (χ1n) is 7.97. The van der Waals surface area contributed by atoms with Gasteiger partial charge in [0.05, 0.1) is 6.10 Å². The standard InChI is InChI=1S/C18H27NO2/c1-12(2)9-17(20)15-6-5-14-7-8-19(11-16(14)10-15)18(21)13(3)4/h5-6,10,12-13,17,20H,7-9,11H2,1-4H3. The molecule has 1 aliphatic heterocycles. The van der Waals surface area contributed by atoms with E-state index in [0.717, 1.165) is 24.9 Å². The molecule has 0 aromatic heterocycles. The van der Waals surface area contributed by atoms with Crippen molar-refractivity contribution >= 4 is 5.91 Å². The molecule has 1 atom stereocenters. The molecule has 0 saturated carbocycles. The first-order chi connectivity index (χ1) is 9.88. The second kappa shape index (κ2) is 6.61. The van der Waals surface area contributed by atoms with Gasteiger partial charge in [-0.25, -0.2) is 0 Å². The number of hydrogen-bond acceptors (Lipinski definition) is 2. The Labute approximate surface area is 128 Å². The van der Waals surface area contributed by atoms with Gasteiger partial charge in [0.15, 0.2) is 0 Å². The SMILES string of the molecule is CC(C)CC(O)c1ccc2c(c1)CN(C(=O)C(C)C)CC2. The third-order valence-corrected chi connectivity index (χ3v) is 4.13. The zero-order valence-corrected chi connectivity index (χ0v) is 13.6. The molecule has 21 heavy (non-hydrogen) atoms. The van der Waals surface area contributed by atoms with E-state index < -0.39 is 6.10 Å². The quantitative estimate of drug-likeness (QED) is 0.924. The van der Waals surface area contributed by atoms with Crippen LogP contribution in [0.25, 0.3) is 0 Å². The van der Waals surface area contributed by atoms with E-state index in [1.165, 1.54) is 11.1 Å². The molecule has 1 aliphatic rings. The summed E-state index contributed by atoms with van der Waals surface area (Å²) in [7, 11) is 0. The highest BCUT2D eigenvalue weighted by Gasteiger charge is 2.23. The highest BCUT2D eigenvalue weighted by molar-refractivity contribution is 5.78. The maximum atomic E-state index is 12.1. The average molecular weight is 289 g/mol. The van der Waals surface area contributed by atoms with Gasteiger partial charge in [0.25, 0.3) is 0 Å². The number of carbonyl (C=O) groups excluding carboxylic acids is 1. The second-order valence-corrected chi connectivity index (χ2v) is 6.84. The number of benzene rings is 1. The van der Waals surface area contributed by atoms with Crippen LogP contribution in [0.15, 0.2) is 18.2 Å².